The van der Waals surface area contributed by atoms with Gasteiger partial charge in [0.25, 0.3) is 5.91 Å². The van der Waals surface area contributed by atoms with Crippen molar-refractivity contribution in [1.82, 2.24) is 4.90 Å². The molecule has 19 heavy (non-hydrogen) atoms. The van der Waals surface area contributed by atoms with Crippen LogP contribution in [-0.2, 0) is 6.54 Å². The Hall–Kier alpha value is -1.52. The van der Waals surface area contributed by atoms with Gasteiger partial charge in [-0.3, -0.25) is 4.79 Å². The van der Waals surface area contributed by atoms with Crippen LogP contribution in [0, 0.1) is 6.92 Å². The molecule has 5 heteroatoms. The Balaban J connectivity index is 2.17. The summed E-state index contributed by atoms with van der Waals surface area (Å²) in [5.41, 5.74) is 8.44. The summed E-state index contributed by atoms with van der Waals surface area (Å²) in [5.74, 6) is -0.0775. The van der Waals surface area contributed by atoms with Crippen molar-refractivity contribution in [1.29, 1.82) is 0 Å². The number of amides is 1. The third kappa shape index (κ3) is 2.91. The van der Waals surface area contributed by atoms with E-state index in [0.29, 0.717) is 22.1 Å². The maximum absolute atomic E-state index is 12.3. The fourth-order valence-corrected chi connectivity index (χ4v) is 3.02. The van der Waals surface area contributed by atoms with Gasteiger partial charge in [-0.1, -0.05) is 29.8 Å². The number of aryl methyl sites for hydroxylation is 1. The van der Waals surface area contributed by atoms with Gasteiger partial charge in [0, 0.05) is 19.3 Å². The van der Waals surface area contributed by atoms with Crippen molar-refractivity contribution >= 4 is 34.5 Å². The van der Waals surface area contributed by atoms with Gasteiger partial charge in [-0.15, -0.1) is 11.3 Å². The summed E-state index contributed by atoms with van der Waals surface area (Å²) < 4.78 is 0. The first-order valence-electron chi connectivity index (χ1n) is 5.83. The van der Waals surface area contributed by atoms with Crippen molar-refractivity contribution in [2.75, 3.05) is 12.8 Å². The zero-order valence-corrected chi connectivity index (χ0v) is 12.4. The monoisotopic (exact) mass is 294 g/mol. The number of para-hydroxylation sites is 1. The lowest BCUT2D eigenvalue weighted by Crippen LogP contribution is -2.26. The van der Waals surface area contributed by atoms with Crippen LogP contribution in [0.3, 0.4) is 0 Å². The Labute approximate surface area is 121 Å². The van der Waals surface area contributed by atoms with Crippen LogP contribution in [0.25, 0.3) is 0 Å². The molecular formula is C14H15ClN2OS. The lowest BCUT2D eigenvalue weighted by Gasteiger charge is -2.17. The van der Waals surface area contributed by atoms with Crippen molar-refractivity contribution in [3.8, 4) is 0 Å². The fraction of sp³-hybridized carbons (Fsp3) is 0.214. The van der Waals surface area contributed by atoms with Crippen molar-refractivity contribution in [2.24, 2.45) is 0 Å². The van der Waals surface area contributed by atoms with Crippen LogP contribution < -0.4 is 5.73 Å². The second kappa shape index (κ2) is 5.63. The molecular weight excluding hydrogens is 280 g/mol. The molecule has 1 aromatic heterocycles. The van der Waals surface area contributed by atoms with Crippen molar-refractivity contribution in [2.45, 2.75) is 13.5 Å². The van der Waals surface area contributed by atoms with Gasteiger partial charge in [0.15, 0.2) is 0 Å². The Bertz CT molecular complexity index is 609. The number of halogens is 1. The molecule has 1 aromatic carbocycles. The van der Waals surface area contributed by atoms with E-state index in [1.165, 1.54) is 11.3 Å². The second-order valence-electron chi connectivity index (χ2n) is 4.42. The van der Waals surface area contributed by atoms with E-state index < -0.39 is 0 Å². The number of nitrogens with zero attached hydrogens (tertiary/aromatic N) is 1. The summed E-state index contributed by atoms with van der Waals surface area (Å²) in [7, 11) is 1.75. The smallest absolute Gasteiger partial charge is 0.265 e. The van der Waals surface area contributed by atoms with Gasteiger partial charge in [0.2, 0.25) is 0 Å². The molecule has 0 spiro atoms. The van der Waals surface area contributed by atoms with Gasteiger partial charge in [-0.25, -0.2) is 0 Å². The minimum Gasteiger partial charge on any atom is -0.398 e. The fourth-order valence-electron chi connectivity index (χ4n) is 1.75. The van der Waals surface area contributed by atoms with E-state index in [2.05, 4.69) is 0 Å². The average molecular weight is 295 g/mol. The van der Waals surface area contributed by atoms with Crippen LogP contribution in [0.5, 0.6) is 0 Å². The lowest BCUT2D eigenvalue weighted by atomic mass is 10.1. The highest BCUT2D eigenvalue weighted by atomic mass is 35.5. The van der Waals surface area contributed by atoms with Crippen molar-refractivity contribution < 1.29 is 4.79 Å². The number of nitrogens with two attached hydrogens (primary N) is 1. The molecule has 0 aliphatic rings. The van der Waals surface area contributed by atoms with E-state index in [1.807, 2.05) is 36.6 Å². The van der Waals surface area contributed by atoms with Gasteiger partial charge in [-0.05, 0) is 29.5 Å². The van der Waals surface area contributed by atoms with Crippen LogP contribution in [0.4, 0.5) is 5.69 Å². The quantitative estimate of drug-likeness (QED) is 0.880. The SMILES string of the molecule is Cc1csc(C(=O)N(C)Cc2ccccc2N)c1Cl. The Morgan fingerprint density at radius 1 is 1.42 bits per heavy atom. The first kappa shape index (κ1) is 13.9. The number of carbonyl (C=O) groups excluding carboxylic acids is 1. The number of benzene rings is 1. The molecule has 0 atom stereocenters. The maximum Gasteiger partial charge on any atom is 0.265 e. The molecule has 0 bridgehead atoms. The number of carbonyl (C=O) groups is 1. The topological polar surface area (TPSA) is 46.3 Å². The average Bonchev–Trinajstić information content (AvgIpc) is 2.72. The zero-order chi connectivity index (χ0) is 14.0. The number of hydrogen-bond acceptors (Lipinski definition) is 3. The van der Waals surface area contributed by atoms with Crippen molar-refractivity contribution in [3.05, 3.63) is 50.7 Å². The van der Waals surface area contributed by atoms with E-state index in [0.717, 1.165) is 11.1 Å². The summed E-state index contributed by atoms with van der Waals surface area (Å²) in [6.45, 7) is 2.36. The number of hydrogen-bond donors (Lipinski definition) is 1. The van der Waals surface area contributed by atoms with E-state index >= 15 is 0 Å². The molecule has 0 aliphatic heterocycles. The van der Waals surface area contributed by atoms with Crippen LogP contribution in [-0.4, -0.2) is 17.9 Å². The Morgan fingerprint density at radius 3 is 2.68 bits per heavy atom. The van der Waals surface area contributed by atoms with Crippen LogP contribution in [0.15, 0.2) is 29.6 Å². The van der Waals surface area contributed by atoms with Gasteiger partial charge >= 0.3 is 0 Å². The first-order chi connectivity index (χ1) is 9.00. The predicted molar refractivity (Wildman–Crippen MR) is 80.7 cm³/mol. The third-order valence-electron chi connectivity index (χ3n) is 2.90. The van der Waals surface area contributed by atoms with E-state index in [4.69, 9.17) is 17.3 Å². The van der Waals surface area contributed by atoms with Crippen molar-refractivity contribution in [3.63, 3.8) is 0 Å². The van der Waals surface area contributed by atoms with Crippen LogP contribution in [0.2, 0.25) is 5.02 Å². The Kier molecular flexibility index (Phi) is 4.12. The van der Waals surface area contributed by atoms with Gasteiger partial charge < -0.3 is 10.6 Å². The minimum atomic E-state index is -0.0775. The highest BCUT2D eigenvalue weighted by Gasteiger charge is 2.19. The molecule has 0 fully saturated rings. The normalized spacial score (nSPS) is 10.5. The number of nitrogen functional groups attached to an aromatic ring is 1. The van der Waals surface area contributed by atoms with Crippen LogP contribution in [0.1, 0.15) is 20.8 Å². The minimum absolute atomic E-state index is 0.0775. The molecule has 2 aromatic rings. The molecule has 100 valence electrons. The summed E-state index contributed by atoms with van der Waals surface area (Å²) in [5, 5.41) is 2.43. The van der Waals surface area contributed by atoms with E-state index in [9.17, 15) is 4.79 Å². The largest absolute Gasteiger partial charge is 0.398 e. The van der Waals surface area contributed by atoms with E-state index in [1.54, 1.807) is 11.9 Å². The molecule has 0 unspecified atom stereocenters. The molecule has 3 nitrogen and oxygen atoms in total. The molecule has 1 heterocycles. The predicted octanol–water partition coefficient (Wildman–Crippen LogP) is 3.56. The summed E-state index contributed by atoms with van der Waals surface area (Å²) in [4.78, 5) is 14.5. The standard InChI is InChI=1S/C14H15ClN2OS/c1-9-8-19-13(12(9)15)14(18)17(2)7-10-5-3-4-6-11(10)16/h3-6,8H,7,16H2,1-2H3. The summed E-state index contributed by atoms with van der Waals surface area (Å²) in [6, 6.07) is 7.53. The molecule has 0 aliphatic carbocycles. The summed E-state index contributed by atoms with van der Waals surface area (Å²) >= 11 is 7.49. The highest BCUT2D eigenvalue weighted by molar-refractivity contribution is 7.13. The van der Waals surface area contributed by atoms with E-state index in [-0.39, 0.29) is 5.91 Å². The van der Waals surface area contributed by atoms with Gasteiger partial charge in [0.1, 0.15) is 4.88 Å². The lowest BCUT2D eigenvalue weighted by molar-refractivity contribution is 0.0790. The van der Waals surface area contributed by atoms with Crippen LogP contribution >= 0.6 is 22.9 Å². The highest BCUT2D eigenvalue weighted by Crippen LogP contribution is 2.28. The summed E-state index contributed by atoms with van der Waals surface area (Å²) in [6.07, 6.45) is 0. The molecule has 0 saturated carbocycles. The first-order valence-corrected chi connectivity index (χ1v) is 7.09. The molecule has 0 saturated heterocycles. The maximum atomic E-state index is 12.3. The third-order valence-corrected chi connectivity index (χ3v) is 4.59. The Morgan fingerprint density at radius 2 is 2.11 bits per heavy atom. The number of rotatable bonds is 3. The van der Waals surface area contributed by atoms with Gasteiger partial charge in [0.05, 0.1) is 5.02 Å². The molecule has 2 N–H and O–H groups in total. The molecule has 1 amide bonds. The number of anilines is 1. The zero-order valence-electron chi connectivity index (χ0n) is 10.8. The molecule has 0 radical (unpaired) electrons. The number of thiophene rings is 1. The van der Waals surface area contributed by atoms with Gasteiger partial charge in [-0.2, -0.15) is 0 Å². The molecule has 2 rings (SSSR count). The second-order valence-corrected chi connectivity index (χ2v) is 5.68.